The highest BCUT2D eigenvalue weighted by atomic mass is 15.0. The summed E-state index contributed by atoms with van der Waals surface area (Å²) in [5.41, 5.74) is 5.95. The van der Waals surface area contributed by atoms with Crippen LogP contribution in [0.5, 0.6) is 0 Å². The van der Waals surface area contributed by atoms with Gasteiger partial charge in [-0.1, -0.05) is 13.5 Å². The fourth-order valence-electron chi connectivity index (χ4n) is 1.13. The molecule has 0 aromatic heterocycles. The largest absolute Gasteiger partial charge is 0.386 e. The van der Waals surface area contributed by atoms with Crippen LogP contribution in [0.2, 0.25) is 0 Å². The van der Waals surface area contributed by atoms with E-state index in [1.54, 1.807) is 0 Å². The van der Waals surface area contributed by atoms with Crippen molar-refractivity contribution in [2.75, 3.05) is 6.54 Å². The molecule has 0 amide bonds. The molecule has 0 radical (unpaired) electrons. The second kappa shape index (κ2) is 2.52. The van der Waals surface area contributed by atoms with Gasteiger partial charge in [0.1, 0.15) is 0 Å². The summed E-state index contributed by atoms with van der Waals surface area (Å²) in [5, 5.41) is 3.08. The van der Waals surface area contributed by atoms with Crippen LogP contribution in [0.15, 0.2) is 12.4 Å². The van der Waals surface area contributed by atoms with Gasteiger partial charge in [0.25, 0.3) is 0 Å². The molecule has 1 aliphatic rings. The highest BCUT2D eigenvalue weighted by molar-refractivity contribution is 4.96. The SMILES string of the molecule is C=C(N)NCC1(CC)CC1. The molecule has 0 saturated heterocycles. The predicted octanol–water partition coefficient (Wildman–Crippen LogP) is 1.20. The minimum atomic E-state index is 0.572. The molecule has 3 N–H and O–H groups in total. The van der Waals surface area contributed by atoms with Crippen LogP contribution < -0.4 is 11.1 Å². The quantitative estimate of drug-likeness (QED) is 0.615. The van der Waals surface area contributed by atoms with Gasteiger partial charge in [-0.2, -0.15) is 0 Å². The summed E-state index contributed by atoms with van der Waals surface area (Å²) in [6.45, 7) is 6.83. The van der Waals surface area contributed by atoms with Crippen molar-refractivity contribution >= 4 is 0 Å². The summed E-state index contributed by atoms with van der Waals surface area (Å²) < 4.78 is 0. The summed E-state index contributed by atoms with van der Waals surface area (Å²) >= 11 is 0. The summed E-state index contributed by atoms with van der Waals surface area (Å²) in [6, 6.07) is 0. The Balaban J connectivity index is 2.19. The van der Waals surface area contributed by atoms with Crippen molar-refractivity contribution in [1.82, 2.24) is 5.32 Å². The molecule has 1 aliphatic carbocycles. The Morgan fingerprint density at radius 1 is 1.70 bits per heavy atom. The zero-order valence-electron chi connectivity index (χ0n) is 6.61. The molecule has 1 saturated carbocycles. The first-order valence-corrected chi connectivity index (χ1v) is 3.87. The smallest absolute Gasteiger partial charge is 0.0886 e. The van der Waals surface area contributed by atoms with Crippen molar-refractivity contribution in [1.29, 1.82) is 0 Å². The number of nitrogens with two attached hydrogens (primary N) is 1. The third kappa shape index (κ3) is 1.66. The Morgan fingerprint density at radius 3 is 2.60 bits per heavy atom. The van der Waals surface area contributed by atoms with E-state index >= 15 is 0 Å². The first kappa shape index (κ1) is 7.45. The zero-order valence-corrected chi connectivity index (χ0v) is 6.61. The van der Waals surface area contributed by atoms with Crippen molar-refractivity contribution < 1.29 is 0 Å². The Bertz CT molecular complexity index is 136. The molecule has 0 spiro atoms. The van der Waals surface area contributed by atoms with E-state index in [1.165, 1.54) is 19.3 Å². The van der Waals surface area contributed by atoms with Gasteiger partial charge in [-0.25, -0.2) is 0 Å². The monoisotopic (exact) mass is 140 g/mol. The van der Waals surface area contributed by atoms with Crippen molar-refractivity contribution in [3.8, 4) is 0 Å². The minimum Gasteiger partial charge on any atom is -0.386 e. The molecule has 0 bridgehead atoms. The van der Waals surface area contributed by atoms with Gasteiger partial charge >= 0.3 is 0 Å². The lowest BCUT2D eigenvalue weighted by atomic mass is 10.0. The standard InChI is InChI=1S/C8H16N2/c1-3-8(4-5-8)6-10-7(2)9/h10H,2-6,9H2,1H3. The number of hydrogen-bond donors (Lipinski definition) is 2. The normalized spacial score (nSPS) is 20.1. The lowest BCUT2D eigenvalue weighted by Crippen LogP contribution is -2.26. The van der Waals surface area contributed by atoms with E-state index in [0.717, 1.165) is 6.54 Å². The van der Waals surface area contributed by atoms with E-state index in [4.69, 9.17) is 5.73 Å². The molecular formula is C8H16N2. The Labute approximate surface area is 62.5 Å². The summed E-state index contributed by atoms with van der Waals surface area (Å²) in [4.78, 5) is 0. The van der Waals surface area contributed by atoms with Crippen molar-refractivity contribution in [3.63, 3.8) is 0 Å². The van der Waals surface area contributed by atoms with Crippen LogP contribution in [-0.2, 0) is 0 Å². The summed E-state index contributed by atoms with van der Waals surface area (Å²) in [5.74, 6) is 0.597. The lowest BCUT2D eigenvalue weighted by Gasteiger charge is -2.13. The third-order valence-electron chi connectivity index (χ3n) is 2.40. The maximum absolute atomic E-state index is 5.38. The molecular weight excluding hydrogens is 124 g/mol. The number of nitrogens with one attached hydrogen (secondary N) is 1. The third-order valence-corrected chi connectivity index (χ3v) is 2.40. The second-order valence-corrected chi connectivity index (χ2v) is 3.23. The highest BCUT2D eigenvalue weighted by Gasteiger charge is 2.40. The Kier molecular flexibility index (Phi) is 1.88. The summed E-state index contributed by atoms with van der Waals surface area (Å²) in [7, 11) is 0. The van der Waals surface area contributed by atoms with Gasteiger partial charge in [-0.15, -0.1) is 0 Å². The molecule has 58 valence electrons. The van der Waals surface area contributed by atoms with Gasteiger partial charge in [0.15, 0.2) is 0 Å². The summed E-state index contributed by atoms with van der Waals surface area (Å²) in [6.07, 6.45) is 3.96. The highest BCUT2D eigenvalue weighted by Crippen LogP contribution is 2.47. The predicted molar refractivity (Wildman–Crippen MR) is 43.3 cm³/mol. The molecule has 0 aromatic carbocycles. The molecule has 0 unspecified atom stereocenters. The average molecular weight is 140 g/mol. The van der Waals surface area contributed by atoms with Gasteiger partial charge in [0, 0.05) is 6.54 Å². The fraction of sp³-hybridized carbons (Fsp3) is 0.750. The van der Waals surface area contributed by atoms with E-state index in [-0.39, 0.29) is 0 Å². The Morgan fingerprint density at radius 2 is 2.30 bits per heavy atom. The van der Waals surface area contributed by atoms with Crippen LogP contribution in [-0.4, -0.2) is 6.54 Å². The van der Waals surface area contributed by atoms with E-state index in [0.29, 0.717) is 11.2 Å². The fourth-order valence-corrected chi connectivity index (χ4v) is 1.13. The van der Waals surface area contributed by atoms with Crippen LogP contribution in [0.4, 0.5) is 0 Å². The Hall–Kier alpha value is -0.660. The van der Waals surface area contributed by atoms with Crippen LogP contribution in [0.25, 0.3) is 0 Å². The molecule has 1 fully saturated rings. The van der Waals surface area contributed by atoms with E-state index in [1.807, 2.05) is 0 Å². The van der Waals surface area contributed by atoms with Crippen LogP contribution in [0, 0.1) is 5.41 Å². The van der Waals surface area contributed by atoms with Crippen molar-refractivity contribution in [2.24, 2.45) is 11.1 Å². The molecule has 0 atom stereocenters. The second-order valence-electron chi connectivity index (χ2n) is 3.23. The molecule has 0 aliphatic heterocycles. The lowest BCUT2D eigenvalue weighted by molar-refractivity contribution is 0.466. The van der Waals surface area contributed by atoms with E-state index < -0.39 is 0 Å². The van der Waals surface area contributed by atoms with Gasteiger partial charge in [0.2, 0.25) is 0 Å². The van der Waals surface area contributed by atoms with Crippen LogP contribution >= 0.6 is 0 Å². The maximum Gasteiger partial charge on any atom is 0.0886 e. The van der Waals surface area contributed by atoms with E-state index in [9.17, 15) is 0 Å². The molecule has 1 rings (SSSR count). The van der Waals surface area contributed by atoms with Gasteiger partial charge in [-0.05, 0) is 24.7 Å². The average Bonchev–Trinajstić information content (AvgIpc) is 2.64. The van der Waals surface area contributed by atoms with Gasteiger partial charge < -0.3 is 11.1 Å². The van der Waals surface area contributed by atoms with Crippen LogP contribution in [0.1, 0.15) is 26.2 Å². The number of hydrogen-bond acceptors (Lipinski definition) is 2. The zero-order chi connectivity index (χ0) is 7.61. The van der Waals surface area contributed by atoms with E-state index in [2.05, 4.69) is 18.8 Å². The first-order valence-electron chi connectivity index (χ1n) is 3.87. The minimum absolute atomic E-state index is 0.572. The molecule has 2 heteroatoms. The maximum atomic E-state index is 5.38. The van der Waals surface area contributed by atoms with Gasteiger partial charge in [0.05, 0.1) is 5.82 Å². The topological polar surface area (TPSA) is 38.0 Å². The number of rotatable bonds is 4. The van der Waals surface area contributed by atoms with Gasteiger partial charge in [-0.3, -0.25) is 0 Å². The molecule has 10 heavy (non-hydrogen) atoms. The molecule has 0 aromatic rings. The molecule has 2 nitrogen and oxygen atoms in total. The van der Waals surface area contributed by atoms with Crippen molar-refractivity contribution in [3.05, 3.63) is 12.4 Å². The van der Waals surface area contributed by atoms with Crippen molar-refractivity contribution in [2.45, 2.75) is 26.2 Å². The first-order chi connectivity index (χ1) is 4.68. The van der Waals surface area contributed by atoms with Crippen LogP contribution in [0.3, 0.4) is 0 Å². The molecule has 0 heterocycles.